The van der Waals surface area contributed by atoms with Gasteiger partial charge < -0.3 is 10.5 Å². The summed E-state index contributed by atoms with van der Waals surface area (Å²) in [4.78, 5) is 19.0. The number of nitrogens with zero attached hydrogens (tertiary/aromatic N) is 2. The van der Waals surface area contributed by atoms with Crippen molar-refractivity contribution in [2.45, 2.75) is 39.0 Å². The summed E-state index contributed by atoms with van der Waals surface area (Å²) in [5.41, 5.74) is 6.54. The summed E-state index contributed by atoms with van der Waals surface area (Å²) in [6, 6.07) is 0. The van der Waals surface area contributed by atoms with Crippen LogP contribution in [0.1, 0.15) is 48.2 Å². The first-order valence-corrected chi connectivity index (χ1v) is 6.43. The third-order valence-electron chi connectivity index (χ3n) is 3.42. The predicted molar refractivity (Wildman–Crippen MR) is 68.6 cm³/mol. The molecular weight excluding hydrogens is 230 g/mol. The SMILES string of the molecule is Cc1nc(N)nc(OCC2CCCCC2)c1C=O. The minimum atomic E-state index is 0.150. The molecule has 5 heteroatoms. The summed E-state index contributed by atoms with van der Waals surface area (Å²) in [5, 5.41) is 0. The number of aldehydes is 1. The second-order valence-electron chi connectivity index (χ2n) is 4.82. The Bertz CT molecular complexity index is 428. The van der Waals surface area contributed by atoms with Gasteiger partial charge in [0.15, 0.2) is 6.29 Å². The van der Waals surface area contributed by atoms with Crippen LogP contribution in [-0.2, 0) is 0 Å². The maximum Gasteiger partial charge on any atom is 0.229 e. The lowest BCUT2D eigenvalue weighted by Gasteiger charge is -2.21. The van der Waals surface area contributed by atoms with Crippen LogP contribution >= 0.6 is 0 Å². The van der Waals surface area contributed by atoms with Gasteiger partial charge in [-0.05, 0) is 25.7 Å². The molecule has 0 atom stereocenters. The van der Waals surface area contributed by atoms with Crippen molar-refractivity contribution in [2.24, 2.45) is 5.92 Å². The number of rotatable bonds is 4. The van der Waals surface area contributed by atoms with E-state index in [4.69, 9.17) is 10.5 Å². The smallest absolute Gasteiger partial charge is 0.229 e. The molecule has 1 aliphatic rings. The van der Waals surface area contributed by atoms with E-state index < -0.39 is 0 Å². The van der Waals surface area contributed by atoms with Crippen LogP contribution in [0.15, 0.2) is 0 Å². The third kappa shape index (κ3) is 2.97. The Balaban J connectivity index is 2.05. The van der Waals surface area contributed by atoms with Crippen molar-refractivity contribution in [3.8, 4) is 5.88 Å². The van der Waals surface area contributed by atoms with Crippen LogP contribution in [0.4, 0.5) is 5.95 Å². The van der Waals surface area contributed by atoms with E-state index >= 15 is 0 Å². The number of ether oxygens (including phenoxy) is 1. The summed E-state index contributed by atoms with van der Waals surface area (Å²) < 4.78 is 5.67. The molecule has 2 N–H and O–H groups in total. The van der Waals surface area contributed by atoms with E-state index in [0.29, 0.717) is 29.7 Å². The van der Waals surface area contributed by atoms with Gasteiger partial charge in [-0.15, -0.1) is 0 Å². The van der Waals surface area contributed by atoms with E-state index in [1.165, 1.54) is 32.1 Å². The molecule has 0 unspecified atom stereocenters. The van der Waals surface area contributed by atoms with Gasteiger partial charge in [-0.25, -0.2) is 4.98 Å². The highest BCUT2D eigenvalue weighted by molar-refractivity contribution is 5.80. The normalized spacial score (nSPS) is 16.5. The summed E-state index contributed by atoms with van der Waals surface area (Å²) in [5.74, 6) is 1.03. The van der Waals surface area contributed by atoms with Crippen LogP contribution in [0.2, 0.25) is 0 Å². The number of carbonyl (C=O) groups is 1. The molecule has 5 nitrogen and oxygen atoms in total. The van der Waals surface area contributed by atoms with E-state index in [1.807, 2.05) is 0 Å². The van der Waals surface area contributed by atoms with Crippen LogP contribution < -0.4 is 10.5 Å². The molecule has 1 fully saturated rings. The Kier molecular flexibility index (Phi) is 4.12. The van der Waals surface area contributed by atoms with E-state index in [9.17, 15) is 4.79 Å². The highest BCUT2D eigenvalue weighted by Crippen LogP contribution is 2.25. The molecule has 18 heavy (non-hydrogen) atoms. The molecule has 0 aliphatic heterocycles. The lowest BCUT2D eigenvalue weighted by molar-refractivity contribution is 0.111. The lowest BCUT2D eigenvalue weighted by Crippen LogP contribution is -2.17. The van der Waals surface area contributed by atoms with Crippen molar-refractivity contribution in [1.82, 2.24) is 9.97 Å². The Labute approximate surface area is 107 Å². The molecule has 2 rings (SSSR count). The van der Waals surface area contributed by atoms with Crippen molar-refractivity contribution < 1.29 is 9.53 Å². The zero-order chi connectivity index (χ0) is 13.0. The van der Waals surface area contributed by atoms with Crippen LogP contribution in [0.3, 0.4) is 0 Å². The van der Waals surface area contributed by atoms with Crippen molar-refractivity contribution in [1.29, 1.82) is 0 Å². The minimum Gasteiger partial charge on any atom is -0.477 e. The first-order valence-electron chi connectivity index (χ1n) is 6.43. The number of nitrogens with two attached hydrogens (primary N) is 1. The molecular formula is C13H19N3O2. The molecule has 0 amide bonds. The van der Waals surface area contributed by atoms with Crippen LogP contribution in [0.5, 0.6) is 5.88 Å². The highest BCUT2D eigenvalue weighted by Gasteiger charge is 2.17. The molecule has 1 aliphatic carbocycles. The van der Waals surface area contributed by atoms with Crippen molar-refractivity contribution in [3.05, 3.63) is 11.3 Å². The molecule has 1 aromatic rings. The topological polar surface area (TPSA) is 78.1 Å². The molecule has 0 radical (unpaired) electrons. The first kappa shape index (κ1) is 12.8. The molecule has 1 heterocycles. The van der Waals surface area contributed by atoms with Crippen molar-refractivity contribution >= 4 is 12.2 Å². The fraction of sp³-hybridized carbons (Fsp3) is 0.615. The first-order chi connectivity index (χ1) is 8.70. The predicted octanol–water partition coefficient (Wildman–Crippen LogP) is 2.14. The Morgan fingerprint density at radius 3 is 2.72 bits per heavy atom. The zero-order valence-electron chi connectivity index (χ0n) is 10.7. The number of carbonyl (C=O) groups excluding carboxylic acids is 1. The number of aromatic nitrogens is 2. The summed E-state index contributed by atoms with van der Waals surface area (Å²) in [7, 11) is 0. The molecule has 1 saturated carbocycles. The standard InChI is InChI=1S/C13H19N3O2/c1-9-11(7-17)12(16-13(14)15-9)18-8-10-5-3-2-4-6-10/h7,10H,2-6,8H2,1H3,(H2,14,15,16). The van der Waals surface area contributed by atoms with Crippen LogP contribution in [0.25, 0.3) is 0 Å². The van der Waals surface area contributed by atoms with Crippen molar-refractivity contribution in [3.63, 3.8) is 0 Å². The average molecular weight is 249 g/mol. The summed E-state index contributed by atoms with van der Waals surface area (Å²) in [6.07, 6.45) is 6.95. The second kappa shape index (κ2) is 5.80. The molecule has 1 aromatic heterocycles. The number of hydrogen-bond donors (Lipinski definition) is 1. The van der Waals surface area contributed by atoms with E-state index in [0.717, 1.165) is 6.29 Å². The number of nitrogen functional groups attached to an aromatic ring is 1. The fourth-order valence-electron chi connectivity index (χ4n) is 2.37. The van der Waals surface area contributed by atoms with E-state index in [2.05, 4.69) is 9.97 Å². The van der Waals surface area contributed by atoms with Crippen LogP contribution in [0, 0.1) is 12.8 Å². The average Bonchev–Trinajstić information content (AvgIpc) is 2.37. The lowest BCUT2D eigenvalue weighted by atomic mass is 9.90. The molecule has 0 spiro atoms. The van der Waals surface area contributed by atoms with E-state index in [1.54, 1.807) is 6.92 Å². The summed E-state index contributed by atoms with van der Waals surface area (Å²) >= 11 is 0. The van der Waals surface area contributed by atoms with Gasteiger partial charge in [-0.3, -0.25) is 4.79 Å². The fourth-order valence-corrected chi connectivity index (χ4v) is 2.37. The van der Waals surface area contributed by atoms with Gasteiger partial charge >= 0.3 is 0 Å². The van der Waals surface area contributed by atoms with Crippen LogP contribution in [-0.4, -0.2) is 22.9 Å². The minimum absolute atomic E-state index is 0.150. The third-order valence-corrected chi connectivity index (χ3v) is 3.42. The number of hydrogen-bond acceptors (Lipinski definition) is 5. The molecule has 0 bridgehead atoms. The quantitative estimate of drug-likeness (QED) is 0.827. The van der Waals surface area contributed by atoms with Gasteiger partial charge in [0, 0.05) is 0 Å². The molecule has 0 saturated heterocycles. The van der Waals surface area contributed by atoms with Gasteiger partial charge in [0.25, 0.3) is 0 Å². The van der Waals surface area contributed by atoms with Gasteiger partial charge in [-0.2, -0.15) is 4.98 Å². The summed E-state index contributed by atoms with van der Waals surface area (Å²) in [6.45, 7) is 2.34. The number of anilines is 1. The Hall–Kier alpha value is -1.65. The Morgan fingerprint density at radius 1 is 1.33 bits per heavy atom. The molecule has 98 valence electrons. The second-order valence-corrected chi connectivity index (χ2v) is 4.82. The van der Waals surface area contributed by atoms with Crippen molar-refractivity contribution in [2.75, 3.05) is 12.3 Å². The van der Waals surface area contributed by atoms with E-state index in [-0.39, 0.29) is 5.95 Å². The monoisotopic (exact) mass is 249 g/mol. The maximum atomic E-state index is 11.0. The van der Waals surface area contributed by atoms with Gasteiger partial charge in [0.2, 0.25) is 11.8 Å². The van der Waals surface area contributed by atoms with Gasteiger partial charge in [-0.1, -0.05) is 19.3 Å². The largest absolute Gasteiger partial charge is 0.477 e. The maximum absolute atomic E-state index is 11.0. The molecule has 0 aromatic carbocycles. The Morgan fingerprint density at radius 2 is 2.06 bits per heavy atom. The van der Waals surface area contributed by atoms with Gasteiger partial charge in [0.1, 0.15) is 0 Å². The van der Waals surface area contributed by atoms with Gasteiger partial charge in [0.05, 0.1) is 17.9 Å². The highest BCUT2D eigenvalue weighted by atomic mass is 16.5. The number of aryl methyl sites for hydroxylation is 1. The zero-order valence-corrected chi connectivity index (χ0v) is 10.7.